The Bertz CT molecular complexity index is 7.51. The third kappa shape index (κ3) is 358. The fraction of sp³-hybridized carbons (Fsp3) is 1.00. The van der Waals surface area contributed by atoms with Crippen LogP contribution in [0.3, 0.4) is 0 Å². The van der Waals surface area contributed by atoms with Crippen LogP contribution in [0.2, 0.25) is 0 Å². The fourth-order valence-electron chi connectivity index (χ4n) is 0. The first-order valence-corrected chi connectivity index (χ1v) is 0.447. The van der Waals surface area contributed by atoms with Crippen LogP contribution in [-0.4, -0.2) is 46.0 Å². The number of aliphatic hydroxyl groups is 1. The molecule has 0 heterocycles. The average molecular weight is 110 g/mol. The Labute approximate surface area is 46.8 Å². The maximum absolute atomic E-state index is 7.00. The van der Waals surface area contributed by atoms with Crippen molar-refractivity contribution >= 4 is 17.4 Å². The van der Waals surface area contributed by atoms with Crippen molar-refractivity contribution in [3.8, 4) is 0 Å². The van der Waals surface area contributed by atoms with Crippen LogP contribution in [0.5, 0.6) is 0 Å². The van der Waals surface area contributed by atoms with E-state index in [4.69, 9.17) is 5.11 Å². The zero-order valence-electron chi connectivity index (χ0n) is 3.37. The Morgan fingerprint density at radius 1 is 0.833 bits per heavy atom. The molecule has 0 amide bonds. The molecule has 0 atom stereocenters. The summed E-state index contributed by atoms with van der Waals surface area (Å²) in [5.74, 6) is 0. The summed E-state index contributed by atoms with van der Waals surface area (Å²) in [6.45, 7) is 0. The van der Waals surface area contributed by atoms with Crippen molar-refractivity contribution < 1.29 is 21.5 Å². The quantitative estimate of drug-likeness (QED) is 0.390. The van der Waals surface area contributed by atoms with Crippen LogP contribution in [0.25, 0.3) is 0 Å². The third-order valence-corrected chi connectivity index (χ3v) is 0. The molecule has 0 radical (unpaired) electrons. The smallest absolute Gasteiger partial charge is 0.870 e. The second-order valence-electron chi connectivity index (χ2n) is 0. The molecule has 0 saturated heterocycles. The van der Waals surface area contributed by atoms with Crippen LogP contribution < -0.4 is 0 Å². The summed E-state index contributed by atoms with van der Waals surface area (Å²) < 4.78 is 0. The minimum Gasteiger partial charge on any atom is -0.870 e. The van der Waals surface area contributed by atoms with E-state index >= 15 is 0 Å². The van der Waals surface area contributed by atoms with Crippen LogP contribution in [0.1, 0.15) is 0 Å². The van der Waals surface area contributed by atoms with Gasteiger partial charge in [0.25, 0.3) is 0 Å². The van der Waals surface area contributed by atoms with Gasteiger partial charge in [-0.3, -0.25) is 0 Å². The first-order valence-electron chi connectivity index (χ1n) is 0.447. The van der Waals surface area contributed by atoms with E-state index < -0.39 is 0 Å². The maximum atomic E-state index is 7.00. The molecule has 4 nitrogen and oxygen atoms in total. The van der Waals surface area contributed by atoms with Gasteiger partial charge in [-0.15, -0.1) is 0 Å². The molecule has 0 aliphatic heterocycles. The molecule has 38 valence electrons. The van der Waals surface area contributed by atoms with E-state index in [9.17, 15) is 0 Å². The topological polar surface area (TPSA) is 110 Å². The summed E-state index contributed by atoms with van der Waals surface area (Å²) in [5, 5.41) is 7.00. The van der Waals surface area contributed by atoms with E-state index in [1.807, 2.05) is 0 Å². The van der Waals surface area contributed by atoms with E-state index in [0.717, 1.165) is 7.11 Å². The fourth-order valence-corrected chi connectivity index (χ4v) is 0. The SMILES string of the molecule is CO.[Al+3].[OH-].[OH-].[OH-]. The van der Waals surface area contributed by atoms with Crippen molar-refractivity contribution in [1.29, 1.82) is 0 Å². The van der Waals surface area contributed by atoms with Gasteiger partial charge in [0.15, 0.2) is 0 Å². The predicted molar refractivity (Wildman–Crippen MR) is 19.7 cm³/mol. The number of hydrogen-bond donors (Lipinski definition) is 1. The monoisotopic (exact) mass is 110 g/mol. The van der Waals surface area contributed by atoms with Gasteiger partial charge in [-0.05, 0) is 0 Å². The van der Waals surface area contributed by atoms with Crippen molar-refractivity contribution in [2.45, 2.75) is 0 Å². The first kappa shape index (κ1) is 97.6. The van der Waals surface area contributed by atoms with Gasteiger partial charge in [0.05, 0.1) is 0 Å². The van der Waals surface area contributed by atoms with Gasteiger partial charge in [-0.25, -0.2) is 0 Å². The van der Waals surface area contributed by atoms with E-state index in [1.54, 1.807) is 0 Å². The standard InChI is InChI=1S/CH4O.Al.3H2O/c1-2;;;;/h2H,1H3;;3*1H2/q;+3;;;/p-3. The predicted octanol–water partition coefficient (Wildman–Crippen LogP) is -1.30. The van der Waals surface area contributed by atoms with Crippen molar-refractivity contribution in [3.63, 3.8) is 0 Å². The average Bonchev–Trinajstić information content (AvgIpc) is 1.00. The van der Waals surface area contributed by atoms with Gasteiger partial charge in [0.1, 0.15) is 0 Å². The minimum atomic E-state index is 0. The van der Waals surface area contributed by atoms with Gasteiger partial charge in [0.2, 0.25) is 0 Å². The first-order chi connectivity index (χ1) is 1.00. The van der Waals surface area contributed by atoms with Crippen LogP contribution in [0.15, 0.2) is 0 Å². The van der Waals surface area contributed by atoms with Gasteiger partial charge >= 0.3 is 17.4 Å². The Morgan fingerprint density at radius 2 is 0.833 bits per heavy atom. The maximum Gasteiger partial charge on any atom is 3.00 e. The zero-order chi connectivity index (χ0) is 2.00. The van der Waals surface area contributed by atoms with E-state index in [-0.39, 0.29) is 33.8 Å². The Balaban J connectivity index is -0.000000000833. The summed E-state index contributed by atoms with van der Waals surface area (Å²) in [4.78, 5) is 0. The molecule has 0 aliphatic carbocycles. The van der Waals surface area contributed by atoms with Gasteiger partial charge in [-0.2, -0.15) is 0 Å². The summed E-state index contributed by atoms with van der Waals surface area (Å²) in [6, 6.07) is 0. The van der Waals surface area contributed by atoms with Gasteiger partial charge in [-0.1, -0.05) is 0 Å². The van der Waals surface area contributed by atoms with E-state index in [1.165, 1.54) is 0 Å². The molecule has 0 unspecified atom stereocenters. The summed E-state index contributed by atoms with van der Waals surface area (Å²) in [5.41, 5.74) is 0. The molecule has 0 fully saturated rings. The van der Waals surface area contributed by atoms with Crippen molar-refractivity contribution in [1.82, 2.24) is 0 Å². The summed E-state index contributed by atoms with van der Waals surface area (Å²) >= 11 is 0. The molecule has 0 aromatic heterocycles. The molecular weight excluding hydrogens is 103 g/mol. The van der Waals surface area contributed by atoms with Gasteiger partial charge in [0, 0.05) is 7.11 Å². The molecular formula is CH7AlO4. The Hall–Kier alpha value is 0.372. The number of hydrogen-bond acceptors (Lipinski definition) is 4. The molecule has 5 heteroatoms. The second-order valence-corrected chi connectivity index (χ2v) is 0. The number of aliphatic hydroxyl groups excluding tert-OH is 1. The van der Waals surface area contributed by atoms with Crippen molar-refractivity contribution in [2.75, 3.05) is 7.11 Å². The molecule has 0 bridgehead atoms. The molecule has 0 saturated carbocycles. The van der Waals surface area contributed by atoms with Gasteiger partial charge < -0.3 is 21.5 Å². The minimum absolute atomic E-state index is 0. The second kappa shape index (κ2) is 740. The Kier molecular flexibility index (Phi) is 12000. The van der Waals surface area contributed by atoms with Crippen LogP contribution >= 0.6 is 0 Å². The largest absolute Gasteiger partial charge is 3.00 e. The van der Waals surface area contributed by atoms with Crippen LogP contribution in [0, 0.1) is 0 Å². The molecule has 4 N–H and O–H groups in total. The molecule has 0 aliphatic rings. The van der Waals surface area contributed by atoms with Crippen LogP contribution in [-0.2, 0) is 0 Å². The van der Waals surface area contributed by atoms with Crippen molar-refractivity contribution in [3.05, 3.63) is 0 Å². The molecule has 0 spiro atoms. The molecule has 0 aromatic carbocycles. The number of rotatable bonds is 0. The third-order valence-electron chi connectivity index (χ3n) is 0. The molecule has 0 aromatic rings. The summed E-state index contributed by atoms with van der Waals surface area (Å²) in [7, 11) is 1.00. The summed E-state index contributed by atoms with van der Waals surface area (Å²) in [6.07, 6.45) is 0. The zero-order valence-corrected chi connectivity index (χ0v) is 4.52. The normalized spacial score (nSPS) is 1.00. The molecule has 6 heavy (non-hydrogen) atoms. The molecule has 0 rings (SSSR count). The van der Waals surface area contributed by atoms with Crippen LogP contribution in [0.4, 0.5) is 0 Å². The Morgan fingerprint density at radius 3 is 0.833 bits per heavy atom. The van der Waals surface area contributed by atoms with Crippen molar-refractivity contribution in [2.24, 2.45) is 0 Å². The van der Waals surface area contributed by atoms with E-state index in [0.29, 0.717) is 0 Å². The van der Waals surface area contributed by atoms with E-state index in [2.05, 4.69) is 0 Å².